The summed E-state index contributed by atoms with van der Waals surface area (Å²) in [5.74, 6) is -4.50. The van der Waals surface area contributed by atoms with Gasteiger partial charge in [0.25, 0.3) is 0 Å². The highest BCUT2D eigenvalue weighted by Gasteiger charge is 2.42. The molecule has 3 heteroatoms. The Morgan fingerprint density at radius 3 is 2.54 bits per heavy atom. The molecule has 0 radical (unpaired) electrons. The van der Waals surface area contributed by atoms with Gasteiger partial charge in [-0.25, -0.2) is 0 Å². The van der Waals surface area contributed by atoms with Gasteiger partial charge in [0.15, 0.2) is 0 Å². The minimum atomic E-state index is -3.36. The number of carbonyl (C=O) groups is 1. The Bertz CT molecular complexity index is 394. The van der Waals surface area contributed by atoms with Crippen molar-refractivity contribution in [2.45, 2.75) is 5.92 Å². The second-order valence-electron chi connectivity index (χ2n) is 2.86. The predicted molar refractivity (Wildman–Crippen MR) is 44.4 cm³/mol. The van der Waals surface area contributed by atoms with Crippen LogP contribution in [0.5, 0.6) is 0 Å². The lowest BCUT2D eigenvalue weighted by Crippen LogP contribution is -2.27. The topological polar surface area (TPSA) is 17.1 Å². The van der Waals surface area contributed by atoms with Crippen molar-refractivity contribution in [2.24, 2.45) is 0 Å². The average molecular weight is 180 g/mol. The third-order valence-electron chi connectivity index (χ3n) is 2.02. The van der Waals surface area contributed by atoms with E-state index < -0.39 is 11.7 Å². The number of carbonyl (C=O) groups excluding carboxylic acids is 1. The van der Waals surface area contributed by atoms with E-state index in [0.717, 1.165) is 6.08 Å². The lowest BCUT2D eigenvalue weighted by molar-refractivity contribution is -0.139. The van der Waals surface area contributed by atoms with E-state index in [-0.39, 0.29) is 5.56 Å². The van der Waals surface area contributed by atoms with Crippen LogP contribution in [0.25, 0.3) is 6.08 Å². The van der Waals surface area contributed by atoms with E-state index in [9.17, 15) is 13.6 Å². The van der Waals surface area contributed by atoms with Crippen molar-refractivity contribution >= 4 is 11.9 Å². The molecule has 1 aliphatic carbocycles. The number of alkyl halides is 2. The lowest BCUT2D eigenvalue weighted by atomic mass is 9.93. The van der Waals surface area contributed by atoms with Crippen LogP contribution in [0, 0.1) is 0 Å². The molecule has 0 unspecified atom stereocenters. The summed E-state index contributed by atoms with van der Waals surface area (Å²) in [6.45, 7) is 0. The molecule has 0 bridgehead atoms. The van der Waals surface area contributed by atoms with Gasteiger partial charge in [0.1, 0.15) is 0 Å². The lowest BCUT2D eigenvalue weighted by Gasteiger charge is -2.19. The smallest absolute Gasteiger partial charge is 0.288 e. The highest BCUT2D eigenvalue weighted by atomic mass is 19.3. The van der Waals surface area contributed by atoms with Crippen molar-refractivity contribution in [3.05, 3.63) is 41.5 Å². The molecular formula is C10H6F2O. The normalized spacial score (nSPS) is 18.5. The van der Waals surface area contributed by atoms with E-state index in [2.05, 4.69) is 0 Å². The molecule has 0 amide bonds. The molecule has 13 heavy (non-hydrogen) atoms. The summed E-state index contributed by atoms with van der Waals surface area (Å²) in [6, 6.07) is 6.00. The van der Waals surface area contributed by atoms with Crippen molar-refractivity contribution in [1.82, 2.24) is 0 Å². The molecule has 0 fully saturated rings. The van der Waals surface area contributed by atoms with E-state index in [0.29, 0.717) is 5.56 Å². The van der Waals surface area contributed by atoms with E-state index >= 15 is 0 Å². The van der Waals surface area contributed by atoms with Gasteiger partial charge >= 0.3 is 5.92 Å². The maximum atomic E-state index is 13.2. The number of hydrogen-bond acceptors (Lipinski definition) is 1. The quantitative estimate of drug-likeness (QED) is 0.599. The largest absolute Gasteiger partial charge is 0.334 e. The highest BCUT2D eigenvalue weighted by Crippen LogP contribution is 2.35. The minimum absolute atomic E-state index is 0.206. The van der Waals surface area contributed by atoms with Crippen molar-refractivity contribution in [3.63, 3.8) is 0 Å². The van der Waals surface area contributed by atoms with Crippen LogP contribution in [0.1, 0.15) is 11.1 Å². The number of allylic oxidation sites excluding steroid dienone is 1. The Labute approximate surface area is 73.7 Å². The van der Waals surface area contributed by atoms with E-state index in [1.165, 1.54) is 18.2 Å². The third kappa shape index (κ3) is 1.08. The summed E-state index contributed by atoms with van der Waals surface area (Å²) in [4.78, 5) is 10.8. The maximum Gasteiger partial charge on any atom is 0.334 e. The zero-order valence-corrected chi connectivity index (χ0v) is 6.63. The minimum Gasteiger partial charge on any atom is -0.288 e. The first-order chi connectivity index (χ1) is 6.12. The van der Waals surface area contributed by atoms with E-state index in [1.807, 2.05) is 0 Å². The molecule has 0 atom stereocenters. The molecule has 0 N–H and O–H groups in total. The van der Waals surface area contributed by atoms with Crippen molar-refractivity contribution in [2.75, 3.05) is 0 Å². The molecule has 1 nitrogen and oxygen atoms in total. The van der Waals surface area contributed by atoms with Crippen molar-refractivity contribution in [3.8, 4) is 0 Å². The fourth-order valence-electron chi connectivity index (χ4n) is 1.33. The number of fused-ring (bicyclic) bond motifs is 1. The Kier molecular flexibility index (Phi) is 1.55. The van der Waals surface area contributed by atoms with Gasteiger partial charge in [-0.1, -0.05) is 30.3 Å². The number of ketones is 1. The van der Waals surface area contributed by atoms with Gasteiger partial charge in [-0.05, 0) is 11.6 Å². The standard InChI is InChI=1S/C10H6F2O/c11-10(12)8-4-2-1-3-7(8)5-6-9(10)13/h1-6H. The third-order valence-corrected chi connectivity index (χ3v) is 2.02. The molecular weight excluding hydrogens is 174 g/mol. The summed E-state index contributed by atoms with van der Waals surface area (Å²) < 4.78 is 26.4. The van der Waals surface area contributed by atoms with Crippen LogP contribution in [0.4, 0.5) is 8.78 Å². The zero-order valence-electron chi connectivity index (χ0n) is 6.63. The number of benzene rings is 1. The molecule has 66 valence electrons. The first kappa shape index (κ1) is 8.10. The molecule has 0 saturated heterocycles. The number of hydrogen-bond donors (Lipinski definition) is 0. The molecule has 0 aromatic heterocycles. The van der Waals surface area contributed by atoms with Crippen LogP contribution in [0.15, 0.2) is 30.3 Å². The van der Waals surface area contributed by atoms with Gasteiger partial charge in [0.05, 0.1) is 0 Å². The van der Waals surface area contributed by atoms with Crippen molar-refractivity contribution in [1.29, 1.82) is 0 Å². The van der Waals surface area contributed by atoms with Crippen LogP contribution in [-0.2, 0) is 10.7 Å². The molecule has 0 aliphatic heterocycles. The summed E-state index contributed by atoms with van der Waals surface area (Å²) in [5, 5.41) is 0. The molecule has 0 heterocycles. The van der Waals surface area contributed by atoms with Gasteiger partial charge < -0.3 is 0 Å². The second kappa shape index (κ2) is 2.49. The summed E-state index contributed by atoms with van der Waals surface area (Å²) in [5.41, 5.74) is 0.203. The molecule has 1 aromatic rings. The monoisotopic (exact) mass is 180 g/mol. The molecule has 1 aromatic carbocycles. The SMILES string of the molecule is O=C1C=Cc2ccccc2C1(F)F. The summed E-state index contributed by atoms with van der Waals surface area (Å²) in [7, 11) is 0. The fraction of sp³-hybridized carbons (Fsp3) is 0.100. The Morgan fingerprint density at radius 2 is 1.77 bits per heavy atom. The van der Waals surface area contributed by atoms with Gasteiger partial charge in [0, 0.05) is 5.56 Å². The van der Waals surface area contributed by atoms with Crippen LogP contribution in [0.2, 0.25) is 0 Å². The Morgan fingerprint density at radius 1 is 1.08 bits per heavy atom. The zero-order chi connectivity index (χ0) is 9.47. The van der Waals surface area contributed by atoms with E-state index in [4.69, 9.17) is 0 Å². The van der Waals surface area contributed by atoms with Crippen LogP contribution in [0.3, 0.4) is 0 Å². The summed E-state index contributed by atoms with van der Waals surface area (Å²) in [6.07, 6.45) is 2.33. The Hall–Kier alpha value is -1.51. The molecule has 0 spiro atoms. The first-order valence-electron chi connectivity index (χ1n) is 3.82. The Balaban J connectivity index is 2.68. The van der Waals surface area contributed by atoms with Crippen LogP contribution >= 0.6 is 0 Å². The number of halogens is 2. The predicted octanol–water partition coefficient (Wildman–Crippen LogP) is 2.37. The second-order valence-corrected chi connectivity index (χ2v) is 2.86. The van der Waals surface area contributed by atoms with Crippen LogP contribution < -0.4 is 0 Å². The average Bonchev–Trinajstić information content (AvgIpc) is 2.13. The first-order valence-corrected chi connectivity index (χ1v) is 3.82. The van der Waals surface area contributed by atoms with Crippen molar-refractivity contribution < 1.29 is 13.6 Å². The highest BCUT2D eigenvalue weighted by molar-refractivity contribution is 6.02. The molecule has 1 aliphatic rings. The van der Waals surface area contributed by atoms with Crippen LogP contribution in [-0.4, -0.2) is 5.78 Å². The number of rotatable bonds is 0. The van der Waals surface area contributed by atoms with E-state index in [1.54, 1.807) is 12.1 Å². The fourth-order valence-corrected chi connectivity index (χ4v) is 1.33. The molecule has 2 rings (SSSR count). The van der Waals surface area contributed by atoms with Gasteiger partial charge in [-0.15, -0.1) is 0 Å². The van der Waals surface area contributed by atoms with Gasteiger partial charge in [0.2, 0.25) is 5.78 Å². The molecule has 0 saturated carbocycles. The van der Waals surface area contributed by atoms with Gasteiger partial charge in [-0.2, -0.15) is 8.78 Å². The summed E-state index contributed by atoms with van der Waals surface area (Å²) >= 11 is 0. The maximum absolute atomic E-state index is 13.2. The van der Waals surface area contributed by atoms with Gasteiger partial charge in [-0.3, -0.25) is 4.79 Å².